The summed E-state index contributed by atoms with van der Waals surface area (Å²) in [5.41, 5.74) is 3.41. The Hall–Kier alpha value is -2.57. The van der Waals surface area contributed by atoms with Gasteiger partial charge in [0.25, 0.3) is 0 Å². The first-order chi connectivity index (χ1) is 15.2. The van der Waals surface area contributed by atoms with Gasteiger partial charge in [0.1, 0.15) is 0 Å². The van der Waals surface area contributed by atoms with E-state index in [2.05, 4.69) is 40.5 Å². The number of amides is 1. The molecule has 6 nitrogen and oxygen atoms in total. The topological polar surface area (TPSA) is 60.0 Å². The van der Waals surface area contributed by atoms with Gasteiger partial charge in [0, 0.05) is 24.1 Å². The molecule has 6 heteroatoms. The van der Waals surface area contributed by atoms with E-state index in [1.165, 1.54) is 5.56 Å². The largest absolute Gasteiger partial charge is 0.493 e. The van der Waals surface area contributed by atoms with Crippen molar-refractivity contribution in [2.45, 2.75) is 38.0 Å². The summed E-state index contributed by atoms with van der Waals surface area (Å²) in [5.74, 6) is 1.90. The smallest absolute Gasteiger partial charge is 0.209 e. The molecule has 1 N–H and O–H groups in total. The van der Waals surface area contributed by atoms with Crippen LogP contribution in [-0.4, -0.2) is 51.3 Å². The summed E-state index contributed by atoms with van der Waals surface area (Å²) in [7, 11) is 3.31. The quantitative estimate of drug-likeness (QED) is 0.659. The predicted octanol–water partition coefficient (Wildman–Crippen LogP) is 3.34. The molecule has 2 aliphatic heterocycles. The molecule has 2 aromatic rings. The second-order valence-corrected chi connectivity index (χ2v) is 8.33. The van der Waals surface area contributed by atoms with E-state index in [0.717, 1.165) is 62.2 Å². The SMILES string of the molecule is COc1ccc2c(c1OC)CC(C1CCN(CCc3ccccc3)CC1)OC2NC=O. The number of carbonyl (C=O) groups excluding carboxylic acids is 1. The number of nitrogens with one attached hydrogen (secondary N) is 1. The Morgan fingerprint density at radius 3 is 2.55 bits per heavy atom. The molecule has 0 saturated carbocycles. The number of methoxy groups -OCH3 is 2. The number of likely N-dealkylation sites (tertiary alicyclic amines) is 1. The second-order valence-electron chi connectivity index (χ2n) is 8.33. The van der Waals surface area contributed by atoms with Gasteiger partial charge in [-0.15, -0.1) is 0 Å². The molecule has 1 fully saturated rings. The van der Waals surface area contributed by atoms with E-state index < -0.39 is 6.23 Å². The monoisotopic (exact) mass is 424 g/mol. The van der Waals surface area contributed by atoms with Crippen LogP contribution in [0.1, 0.15) is 35.8 Å². The first-order valence-corrected chi connectivity index (χ1v) is 11.1. The minimum atomic E-state index is -0.456. The first-order valence-electron chi connectivity index (χ1n) is 11.1. The maximum absolute atomic E-state index is 11.2. The predicted molar refractivity (Wildman–Crippen MR) is 119 cm³/mol. The van der Waals surface area contributed by atoms with E-state index in [0.29, 0.717) is 18.1 Å². The Morgan fingerprint density at radius 2 is 1.87 bits per heavy atom. The Morgan fingerprint density at radius 1 is 1.10 bits per heavy atom. The summed E-state index contributed by atoms with van der Waals surface area (Å²) in [6, 6.07) is 14.5. The molecule has 2 unspecified atom stereocenters. The van der Waals surface area contributed by atoms with Gasteiger partial charge in [0.05, 0.1) is 20.3 Å². The van der Waals surface area contributed by atoms with Crippen LogP contribution in [0.5, 0.6) is 11.5 Å². The molecule has 0 aromatic heterocycles. The van der Waals surface area contributed by atoms with Crippen molar-refractivity contribution in [3.63, 3.8) is 0 Å². The molecule has 31 heavy (non-hydrogen) atoms. The van der Waals surface area contributed by atoms with Crippen LogP contribution >= 0.6 is 0 Å². The average molecular weight is 425 g/mol. The maximum Gasteiger partial charge on any atom is 0.209 e. The first kappa shape index (κ1) is 21.7. The molecule has 1 amide bonds. The Balaban J connectivity index is 1.42. The van der Waals surface area contributed by atoms with E-state index in [9.17, 15) is 4.79 Å². The average Bonchev–Trinajstić information content (AvgIpc) is 2.83. The van der Waals surface area contributed by atoms with Gasteiger partial charge in [-0.05, 0) is 49.9 Å². The molecule has 166 valence electrons. The van der Waals surface area contributed by atoms with Crippen molar-refractivity contribution in [3.8, 4) is 11.5 Å². The fourth-order valence-corrected chi connectivity index (χ4v) is 4.91. The molecule has 0 radical (unpaired) electrons. The van der Waals surface area contributed by atoms with E-state index in [4.69, 9.17) is 14.2 Å². The van der Waals surface area contributed by atoms with Gasteiger partial charge < -0.3 is 24.4 Å². The summed E-state index contributed by atoms with van der Waals surface area (Å²) >= 11 is 0. The van der Waals surface area contributed by atoms with Crippen molar-refractivity contribution in [2.75, 3.05) is 33.9 Å². The molecular weight excluding hydrogens is 392 g/mol. The molecule has 4 rings (SSSR count). The van der Waals surface area contributed by atoms with E-state index in [1.54, 1.807) is 14.2 Å². The van der Waals surface area contributed by atoms with Crippen molar-refractivity contribution in [1.29, 1.82) is 0 Å². The molecule has 2 heterocycles. The number of benzene rings is 2. The lowest BCUT2D eigenvalue weighted by atomic mass is 9.84. The van der Waals surface area contributed by atoms with Crippen molar-refractivity contribution in [2.24, 2.45) is 5.92 Å². The van der Waals surface area contributed by atoms with Crippen molar-refractivity contribution >= 4 is 6.41 Å². The van der Waals surface area contributed by atoms with Crippen molar-refractivity contribution < 1.29 is 19.0 Å². The molecule has 1 saturated heterocycles. The number of fused-ring (bicyclic) bond motifs is 1. The van der Waals surface area contributed by atoms with Gasteiger partial charge in [-0.1, -0.05) is 36.4 Å². The van der Waals surface area contributed by atoms with Gasteiger partial charge in [-0.25, -0.2) is 0 Å². The van der Waals surface area contributed by atoms with Gasteiger partial charge in [0.2, 0.25) is 6.41 Å². The van der Waals surface area contributed by atoms with Gasteiger partial charge in [-0.3, -0.25) is 4.79 Å². The molecule has 0 spiro atoms. The zero-order valence-electron chi connectivity index (χ0n) is 18.4. The third kappa shape index (κ3) is 4.86. The van der Waals surface area contributed by atoms with Gasteiger partial charge in [-0.2, -0.15) is 0 Å². The molecular formula is C25H32N2O4. The minimum Gasteiger partial charge on any atom is -0.493 e. The lowest BCUT2D eigenvalue weighted by molar-refractivity contribution is -0.120. The third-order valence-corrected chi connectivity index (χ3v) is 6.62. The van der Waals surface area contributed by atoms with E-state index in [-0.39, 0.29) is 6.10 Å². The number of ether oxygens (including phenoxy) is 3. The summed E-state index contributed by atoms with van der Waals surface area (Å²) in [6.45, 7) is 3.24. The molecule has 2 aromatic carbocycles. The van der Waals surface area contributed by atoms with Gasteiger partial charge >= 0.3 is 0 Å². The summed E-state index contributed by atoms with van der Waals surface area (Å²) in [6.07, 6.45) is 4.33. The van der Waals surface area contributed by atoms with Crippen LogP contribution in [0.4, 0.5) is 0 Å². The Bertz CT molecular complexity index is 865. The van der Waals surface area contributed by atoms with Gasteiger partial charge in [0.15, 0.2) is 17.7 Å². The lowest BCUT2D eigenvalue weighted by Crippen LogP contribution is -2.43. The highest BCUT2D eigenvalue weighted by atomic mass is 16.5. The summed E-state index contributed by atoms with van der Waals surface area (Å²) < 4.78 is 17.5. The summed E-state index contributed by atoms with van der Waals surface area (Å²) in [4.78, 5) is 13.8. The highest BCUT2D eigenvalue weighted by molar-refractivity contribution is 5.54. The van der Waals surface area contributed by atoms with Crippen molar-refractivity contribution in [3.05, 3.63) is 59.2 Å². The van der Waals surface area contributed by atoms with E-state index >= 15 is 0 Å². The van der Waals surface area contributed by atoms with Crippen LogP contribution in [0, 0.1) is 5.92 Å². The number of hydrogen-bond donors (Lipinski definition) is 1. The normalized spacial score (nSPS) is 21.9. The Kier molecular flexibility index (Phi) is 7.10. The number of carbonyl (C=O) groups is 1. The van der Waals surface area contributed by atoms with Crippen LogP contribution < -0.4 is 14.8 Å². The fourth-order valence-electron chi connectivity index (χ4n) is 4.91. The fraction of sp³-hybridized carbons (Fsp3) is 0.480. The molecule has 2 aliphatic rings. The number of nitrogens with zero attached hydrogens (tertiary/aromatic N) is 1. The van der Waals surface area contributed by atoms with Crippen LogP contribution in [0.25, 0.3) is 0 Å². The number of piperidine rings is 1. The maximum atomic E-state index is 11.2. The highest BCUT2D eigenvalue weighted by Gasteiger charge is 2.36. The highest BCUT2D eigenvalue weighted by Crippen LogP contribution is 2.42. The molecule has 0 bridgehead atoms. The lowest BCUT2D eigenvalue weighted by Gasteiger charge is -2.40. The van der Waals surface area contributed by atoms with E-state index in [1.807, 2.05) is 12.1 Å². The molecule has 2 atom stereocenters. The van der Waals surface area contributed by atoms with Crippen LogP contribution in [0.15, 0.2) is 42.5 Å². The minimum absolute atomic E-state index is 0.0437. The number of rotatable bonds is 8. The zero-order valence-corrected chi connectivity index (χ0v) is 18.4. The van der Waals surface area contributed by atoms with Crippen LogP contribution in [-0.2, 0) is 22.4 Å². The van der Waals surface area contributed by atoms with Crippen LogP contribution in [0.3, 0.4) is 0 Å². The summed E-state index contributed by atoms with van der Waals surface area (Å²) in [5, 5.41) is 2.84. The zero-order chi connectivity index (χ0) is 21.6. The van der Waals surface area contributed by atoms with Crippen LogP contribution in [0.2, 0.25) is 0 Å². The Labute approximate surface area is 184 Å². The van der Waals surface area contributed by atoms with Crippen molar-refractivity contribution in [1.82, 2.24) is 10.2 Å². The second kappa shape index (κ2) is 10.2. The molecule has 0 aliphatic carbocycles. The number of hydrogen-bond acceptors (Lipinski definition) is 5. The standard InChI is InChI=1S/C25H32N2O4/c1-29-22-9-8-20-21(24(22)30-2)16-23(31-25(20)26-17-28)19-11-14-27(15-12-19)13-10-18-6-4-3-5-7-18/h3-9,17,19,23,25H,10-16H2,1-2H3,(H,26,28). The third-order valence-electron chi connectivity index (χ3n) is 6.62.